The molecular weight excluding hydrogens is 364 g/mol. The van der Waals surface area contributed by atoms with Crippen molar-refractivity contribution in [3.63, 3.8) is 0 Å². The van der Waals surface area contributed by atoms with Crippen molar-refractivity contribution in [2.24, 2.45) is 0 Å². The smallest absolute Gasteiger partial charge is 0.131 e. The number of hydrogen-bond donors (Lipinski definition) is 1. The topological polar surface area (TPSA) is 44.8 Å². The van der Waals surface area contributed by atoms with Crippen LogP contribution in [-0.4, -0.2) is 26.4 Å². The number of nitrogens with zero attached hydrogens (tertiary/aromatic N) is 3. The molecule has 1 fully saturated rings. The van der Waals surface area contributed by atoms with Gasteiger partial charge in [0.15, 0.2) is 0 Å². The summed E-state index contributed by atoms with van der Waals surface area (Å²) in [5, 5.41) is 1.30. The van der Waals surface area contributed by atoms with Crippen LogP contribution in [0, 0.1) is 0 Å². The van der Waals surface area contributed by atoms with Gasteiger partial charge in [0.25, 0.3) is 0 Å². The second-order valence-electron chi connectivity index (χ2n) is 6.94. The van der Waals surface area contributed by atoms with E-state index < -0.39 is 0 Å². The quantitative estimate of drug-likeness (QED) is 0.739. The average Bonchev–Trinajstić information content (AvgIpc) is 3.38. The van der Waals surface area contributed by atoms with Gasteiger partial charge in [0.2, 0.25) is 0 Å². The van der Waals surface area contributed by atoms with Crippen LogP contribution in [0.5, 0.6) is 0 Å². The van der Waals surface area contributed by atoms with Crippen molar-refractivity contribution >= 4 is 26.8 Å². The van der Waals surface area contributed by atoms with E-state index in [-0.39, 0.29) is 0 Å². The summed E-state index contributed by atoms with van der Waals surface area (Å²) in [7, 11) is 0. The molecule has 0 spiro atoms. The summed E-state index contributed by atoms with van der Waals surface area (Å²) in [6.07, 6.45) is 7.77. The van der Waals surface area contributed by atoms with Crippen LogP contribution in [0.15, 0.2) is 35.1 Å². The molecule has 122 valence electrons. The lowest BCUT2D eigenvalue weighted by Crippen LogP contribution is -2.31. The first-order chi connectivity index (χ1) is 11.8. The van der Waals surface area contributed by atoms with E-state index in [0.717, 1.165) is 36.4 Å². The monoisotopic (exact) mass is 382 g/mol. The Labute approximate surface area is 149 Å². The van der Waals surface area contributed by atoms with E-state index in [0.29, 0.717) is 5.92 Å². The van der Waals surface area contributed by atoms with Gasteiger partial charge in [-0.2, -0.15) is 0 Å². The van der Waals surface area contributed by atoms with Gasteiger partial charge in [0, 0.05) is 53.3 Å². The highest BCUT2D eigenvalue weighted by Gasteiger charge is 2.28. The minimum Gasteiger partial charge on any atom is -0.361 e. The van der Waals surface area contributed by atoms with Gasteiger partial charge in [0.05, 0.1) is 5.69 Å². The van der Waals surface area contributed by atoms with Gasteiger partial charge in [0.1, 0.15) is 5.82 Å². The minimum atomic E-state index is 0.622. The van der Waals surface area contributed by atoms with Gasteiger partial charge in [-0.3, -0.25) is 4.90 Å². The van der Waals surface area contributed by atoms with Crippen LogP contribution in [-0.2, 0) is 19.5 Å². The van der Waals surface area contributed by atoms with E-state index in [1.807, 2.05) is 0 Å². The number of nitrogens with one attached hydrogen (secondary N) is 1. The number of benzene rings is 1. The van der Waals surface area contributed by atoms with Crippen LogP contribution in [0.1, 0.15) is 41.4 Å². The number of aromatic amines is 1. The van der Waals surface area contributed by atoms with Gasteiger partial charge >= 0.3 is 0 Å². The third kappa shape index (κ3) is 2.66. The zero-order valence-electron chi connectivity index (χ0n) is 13.4. The average molecular weight is 383 g/mol. The molecule has 0 amide bonds. The first-order valence-corrected chi connectivity index (χ1v) is 9.38. The number of H-pyrrole nitrogens is 1. The molecule has 1 aromatic carbocycles. The molecule has 1 aliphatic heterocycles. The fourth-order valence-corrected chi connectivity index (χ4v) is 3.93. The SMILES string of the molecule is Brc1ccc2[nH]cc(CN3CCc4cnc(C5CC5)nc4C3)c2c1. The Hall–Kier alpha value is -1.72. The third-order valence-corrected chi connectivity index (χ3v) is 5.60. The van der Waals surface area contributed by atoms with Crippen LogP contribution >= 0.6 is 15.9 Å². The number of halogens is 1. The highest BCUT2D eigenvalue weighted by molar-refractivity contribution is 9.10. The lowest BCUT2D eigenvalue weighted by Gasteiger charge is -2.27. The summed E-state index contributed by atoms with van der Waals surface area (Å²) < 4.78 is 1.13. The molecule has 3 aromatic rings. The standard InChI is InChI=1S/C19H19BrN4/c20-15-3-4-17-16(7-15)14(9-21-17)10-24-6-5-13-8-22-19(12-1-2-12)23-18(13)11-24/h3-4,7-9,12,21H,1-2,5-6,10-11H2. The van der Waals surface area contributed by atoms with Gasteiger partial charge in [-0.05, 0) is 48.6 Å². The summed E-state index contributed by atoms with van der Waals surface area (Å²) in [6, 6.07) is 6.41. The summed E-state index contributed by atoms with van der Waals surface area (Å²) in [4.78, 5) is 15.3. The van der Waals surface area contributed by atoms with E-state index in [9.17, 15) is 0 Å². The van der Waals surface area contributed by atoms with E-state index >= 15 is 0 Å². The fraction of sp³-hybridized carbons (Fsp3) is 0.368. The summed E-state index contributed by atoms with van der Waals surface area (Å²) in [5.41, 5.74) is 5.12. The van der Waals surface area contributed by atoms with Crippen LogP contribution in [0.3, 0.4) is 0 Å². The first-order valence-electron chi connectivity index (χ1n) is 8.59. The van der Waals surface area contributed by atoms with Crippen molar-refractivity contribution in [2.75, 3.05) is 6.54 Å². The number of fused-ring (bicyclic) bond motifs is 2. The third-order valence-electron chi connectivity index (χ3n) is 5.11. The molecule has 0 unspecified atom stereocenters. The van der Waals surface area contributed by atoms with Crippen molar-refractivity contribution in [3.8, 4) is 0 Å². The second-order valence-corrected chi connectivity index (χ2v) is 7.85. The van der Waals surface area contributed by atoms with E-state index in [4.69, 9.17) is 4.98 Å². The predicted molar refractivity (Wildman–Crippen MR) is 97.8 cm³/mol. The van der Waals surface area contributed by atoms with Crippen molar-refractivity contribution in [1.29, 1.82) is 0 Å². The van der Waals surface area contributed by atoms with Gasteiger partial charge < -0.3 is 4.98 Å². The molecule has 2 aromatic heterocycles. The molecule has 1 N–H and O–H groups in total. The first kappa shape index (κ1) is 14.6. The zero-order chi connectivity index (χ0) is 16.1. The van der Waals surface area contributed by atoms with Gasteiger partial charge in [-0.15, -0.1) is 0 Å². The molecule has 2 aliphatic rings. The molecule has 1 aliphatic carbocycles. The lowest BCUT2D eigenvalue weighted by molar-refractivity contribution is 0.241. The van der Waals surface area contributed by atoms with E-state index in [1.165, 1.54) is 40.6 Å². The fourth-order valence-electron chi connectivity index (χ4n) is 3.57. The molecule has 4 nitrogen and oxygen atoms in total. The molecular formula is C19H19BrN4. The molecule has 0 atom stereocenters. The zero-order valence-corrected chi connectivity index (χ0v) is 15.0. The number of rotatable bonds is 3. The molecule has 24 heavy (non-hydrogen) atoms. The van der Waals surface area contributed by atoms with Crippen LogP contribution in [0.25, 0.3) is 10.9 Å². The predicted octanol–water partition coefficient (Wildman–Crippen LogP) is 4.16. The Balaban J connectivity index is 1.40. The summed E-state index contributed by atoms with van der Waals surface area (Å²) in [5.74, 6) is 1.68. The number of hydrogen-bond acceptors (Lipinski definition) is 3. The van der Waals surface area contributed by atoms with Gasteiger partial charge in [-0.25, -0.2) is 9.97 Å². The molecule has 3 heterocycles. The normalized spacial score (nSPS) is 18.0. The maximum absolute atomic E-state index is 4.86. The molecule has 5 heteroatoms. The van der Waals surface area contributed by atoms with Crippen molar-refractivity contribution < 1.29 is 0 Å². The maximum Gasteiger partial charge on any atom is 0.131 e. The summed E-state index contributed by atoms with van der Waals surface area (Å²) in [6.45, 7) is 2.96. The summed E-state index contributed by atoms with van der Waals surface area (Å²) >= 11 is 3.58. The molecule has 0 radical (unpaired) electrons. The van der Waals surface area contributed by atoms with Crippen molar-refractivity contribution in [1.82, 2.24) is 19.9 Å². The largest absolute Gasteiger partial charge is 0.361 e. The van der Waals surface area contributed by atoms with Crippen LogP contribution in [0.4, 0.5) is 0 Å². The Morgan fingerprint density at radius 2 is 2.21 bits per heavy atom. The van der Waals surface area contributed by atoms with Crippen LogP contribution in [0.2, 0.25) is 0 Å². The number of aromatic nitrogens is 3. The van der Waals surface area contributed by atoms with Crippen molar-refractivity contribution in [3.05, 3.63) is 57.7 Å². The van der Waals surface area contributed by atoms with E-state index in [2.05, 4.69) is 61.4 Å². The van der Waals surface area contributed by atoms with Crippen molar-refractivity contribution in [2.45, 2.75) is 38.3 Å². The lowest BCUT2D eigenvalue weighted by atomic mass is 10.1. The Kier molecular flexibility index (Phi) is 3.45. The molecule has 0 saturated heterocycles. The van der Waals surface area contributed by atoms with Crippen LogP contribution < -0.4 is 0 Å². The van der Waals surface area contributed by atoms with E-state index in [1.54, 1.807) is 0 Å². The molecule has 1 saturated carbocycles. The Morgan fingerprint density at radius 3 is 3.08 bits per heavy atom. The second kappa shape index (κ2) is 5.67. The minimum absolute atomic E-state index is 0.622. The molecule has 0 bridgehead atoms. The Morgan fingerprint density at radius 1 is 1.29 bits per heavy atom. The maximum atomic E-state index is 4.86. The Bertz CT molecular complexity index is 913. The highest BCUT2D eigenvalue weighted by Crippen LogP contribution is 2.38. The molecule has 5 rings (SSSR count). The highest BCUT2D eigenvalue weighted by atomic mass is 79.9. The van der Waals surface area contributed by atoms with Gasteiger partial charge in [-0.1, -0.05) is 15.9 Å².